The molecule has 4 heterocycles. The SMILES string of the molecule is Cc1cc(-c2n[nH]c3cc(NC(=O)NC4CN(C)[C@@H](C(F)F)[C@@H]4c4ccccc4)ncc23)ccn1. The number of carbonyl (C=O) groups is 1. The van der Waals surface area contributed by atoms with Crippen LogP contribution in [0.1, 0.15) is 17.2 Å². The van der Waals surface area contributed by atoms with Crippen LogP contribution in [-0.4, -0.2) is 63.2 Å². The number of aromatic amines is 1. The van der Waals surface area contributed by atoms with E-state index in [4.69, 9.17) is 0 Å². The van der Waals surface area contributed by atoms with E-state index in [0.29, 0.717) is 17.9 Å². The number of halogens is 2. The minimum Gasteiger partial charge on any atom is -0.333 e. The van der Waals surface area contributed by atoms with Crippen LogP contribution in [-0.2, 0) is 0 Å². The summed E-state index contributed by atoms with van der Waals surface area (Å²) in [6, 6.07) is 12.6. The fourth-order valence-electron chi connectivity index (χ4n) is 4.86. The number of nitrogens with one attached hydrogen (secondary N) is 3. The monoisotopic (exact) mass is 477 g/mol. The fraction of sp³-hybridized carbons (Fsp3) is 0.280. The molecular weight excluding hydrogens is 452 g/mol. The Labute approximate surface area is 200 Å². The van der Waals surface area contributed by atoms with Gasteiger partial charge in [0.25, 0.3) is 6.43 Å². The van der Waals surface area contributed by atoms with E-state index < -0.39 is 30.5 Å². The Morgan fingerprint density at radius 1 is 1.17 bits per heavy atom. The van der Waals surface area contributed by atoms with Crippen molar-refractivity contribution in [3.8, 4) is 11.3 Å². The Kier molecular flexibility index (Phi) is 6.12. The summed E-state index contributed by atoms with van der Waals surface area (Å²) < 4.78 is 27.8. The van der Waals surface area contributed by atoms with E-state index in [1.165, 1.54) is 0 Å². The quantitative estimate of drug-likeness (QED) is 0.401. The van der Waals surface area contributed by atoms with Gasteiger partial charge in [-0.05, 0) is 31.7 Å². The van der Waals surface area contributed by atoms with Crippen LogP contribution in [0.5, 0.6) is 0 Å². The summed E-state index contributed by atoms with van der Waals surface area (Å²) in [6.07, 6.45) is 0.825. The molecule has 1 aromatic carbocycles. The highest BCUT2D eigenvalue weighted by Gasteiger charge is 2.46. The van der Waals surface area contributed by atoms with Gasteiger partial charge < -0.3 is 5.32 Å². The van der Waals surface area contributed by atoms with E-state index in [9.17, 15) is 13.6 Å². The number of pyridine rings is 2. The zero-order chi connectivity index (χ0) is 24.5. The average molecular weight is 478 g/mol. The molecule has 10 heteroatoms. The lowest BCUT2D eigenvalue weighted by molar-refractivity contribution is 0.0512. The molecule has 2 amide bonds. The maximum absolute atomic E-state index is 13.9. The van der Waals surface area contributed by atoms with Gasteiger partial charge in [0.2, 0.25) is 0 Å². The maximum Gasteiger partial charge on any atom is 0.320 e. The Morgan fingerprint density at radius 3 is 2.71 bits per heavy atom. The van der Waals surface area contributed by atoms with Crippen molar-refractivity contribution in [1.29, 1.82) is 0 Å². The molecule has 1 saturated heterocycles. The summed E-state index contributed by atoms with van der Waals surface area (Å²) in [7, 11) is 1.65. The number of hydrogen-bond donors (Lipinski definition) is 3. The third-order valence-corrected chi connectivity index (χ3v) is 6.41. The highest BCUT2D eigenvalue weighted by molar-refractivity contribution is 5.95. The van der Waals surface area contributed by atoms with Crippen molar-refractivity contribution in [1.82, 2.24) is 30.4 Å². The number of fused-ring (bicyclic) bond motifs is 1. The first kappa shape index (κ1) is 22.9. The molecule has 1 aliphatic heterocycles. The number of nitrogens with zero attached hydrogens (tertiary/aromatic N) is 4. The highest BCUT2D eigenvalue weighted by Crippen LogP contribution is 2.36. The van der Waals surface area contributed by atoms with Crippen molar-refractivity contribution >= 4 is 22.8 Å². The molecule has 3 N–H and O–H groups in total. The minimum atomic E-state index is -2.54. The zero-order valence-electron chi connectivity index (χ0n) is 19.2. The number of urea groups is 1. The van der Waals surface area contributed by atoms with Crippen LogP contribution in [0, 0.1) is 6.92 Å². The van der Waals surface area contributed by atoms with Gasteiger partial charge in [-0.25, -0.2) is 18.6 Å². The van der Waals surface area contributed by atoms with E-state index in [1.54, 1.807) is 30.4 Å². The lowest BCUT2D eigenvalue weighted by Gasteiger charge is -2.26. The molecule has 5 rings (SSSR count). The lowest BCUT2D eigenvalue weighted by Crippen LogP contribution is -2.43. The molecule has 0 bridgehead atoms. The number of anilines is 1. The van der Waals surface area contributed by atoms with Crippen molar-refractivity contribution in [2.75, 3.05) is 18.9 Å². The van der Waals surface area contributed by atoms with Crippen LogP contribution in [0.3, 0.4) is 0 Å². The fourth-order valence-corrected chi connectivity index (χ4v) is 4.86. The van der Waals surface area contributed by atoms with E-state index in [0.717, 1.165) is 27.9 Å². The van der Waals surface area contributed by atoms with Gasteiger partial charge in [-0.1, -0.05) is 30.3 Å². The van der Waals surface area contributed by atoms with Crippen LogP contribution in [0.15, 0.2) is 60.9 Å². The first-order valence-corrected chi connectivity index (χ1v) is 11.3. The minimum absolute atomic E-state index is 0.309. The molecule has 0 radical (unpaired) electrons. The number of H-pyrrole nitrogens is 1. The molecule has 3 atom stereocenters. The molecule has 180 valence electrons. The number of likely N-dealkylation sites (N-methyl/N-ethyl adjacent to an activating group) is 1. The lowest BCUT2D eigenvalue weighted by atomic mass is 9.88. The van der Waals surface area contributed by atoms with E-state index in [2.05, 4.69) is 30.8 Å². The van der Waals surface area contributed by atoms with Crippen LogP contribution < -0.4 is 10.6 Å². The Morgan fingerprint density at radius 2 is 1.97 bits per heavy atom. The Balaban J connectivity index is 1.33. The van der Waals surface area contributed by atoms with Gasteiger partial charge in [-0.2, -0.15) is 5.10 Å². The van der Waals surface area contributed by atoms with Gasteiger partial charge in [0.15, 0.2) is 0 Å². The first-order chi connectivity index (χ1) is 16.9. The smallest absolute Gasteiger partial charge is 0.320 e. The first-order valence-electron chi connectivity index (χ1n) is 11.3. The van der Waals surface area contributed by atoms with Crippen LogP contribution in [0.4, 0.5) is 19.4 Å². The Bertz CT molecular complexity index is 1340. The number of amides is 2. The number of aryl methyl sites for hydroxylation is 1. The van der Waals surface area contributed by atoms with Gasteiger partial charge >= 0.3 is 6.03 Å². The number of benzene rings is 1. The topological polar surface area (TPSA) is 98.8 Å². The van der Waals surface area contributed by atoms with Crippen LogP contribution >= 0.6 is 0 Å². The summed E-state index contributed by atoms with van der Waals surface area (Å²) in [4.78, 5) is 23.0. The third-order valence-electron chi connectivity index (χ3n) is 6.41. The molecule has 4 aromatic rings. The largest absolute Gasteiger partial charge is 0.333 e. The van der Waals surface area contributed by atoms with Crippen LogP contribution in [0.2, 0.25) is 0 Å². The molecule has 1 fully saturated rings. The summed E-state index contributed by atoms with van der Waals surface area (Å²) in [5, 5.41) is 13.8. The molecule has 0 aliphatic carbocycles. The summed E-state index contributed by atoms with van der Waals surface area (Å²) in [5.74, 6) is -0.217. The standard InChI is InChI=1S/C25H25F2N7O/c1-14-10-16(8-9-28-14)22-17-12-29-20(11-18(17)32-33-22)31-25(35)30-19-13-34(2)23(24(26)27)21(19)15-6-4-3-5-7-15/h3-12,19,21,23-24H,13H2,1-2H3,(H,32,33)(H2,29,30,31,35)/t19?,21-,23-/m1/s1. The van der Waals surface area contributed by atoms with Crippen molar-refractivity contribution in [2.45, 2.75) is 31.4 Å². The van der Waals surface area contributed by atoms with Gasteiger partial charge in [0.1, 0.15) is 11.5 Å². The maximum atomic E-state index is 13.9. The molecule has 3 aromatic heterocycles. The molecular formula is C25H25F2N7O. The third kappa shape index (κ3) is 4.57. The molecule has 35 heavy (non-hydrogen) atoms. The highest BCUT2D eigenvalue weighted by atomic mass is 19.3. The summed E-state index contributed by atoms with van der Waals surface area (Å²) in [5.41, 5.74) is 4.01. The van der Waals surface area contributed by atoms with Crippen molar-refractivity contribution in [2.24, 2.45) is 0 Å². The number of hydrogen-bond acceptors (Lipinski definition) is 5. The summed E-state index contributed by atoms with van der Waals surface area (Å²) >= 11 is 0. The second kappa shape index (κ2) is 9.38. The van der Waals surface area contributed by atoms with Gasteiger partial charge in [-0.3, -0.25) is 20.3 Å². The number of rotatable bonds is 5. The van der Waals surface area contributed by atoms with Crippen molar-refractivity contribution in [3.63, 3.8) is 0 Å². The summed E-state index contributed by atoms with van der Waals surface area (Å²) in [6.45, 7) is 2.22. The predicted molar refractivity (Wildman–Crippen MR) is 129 cm³/mol. The second-order valence-corrected chi connectivity index (χ2v) is 8.78. The molecule has 8 nitrogen and oxygen atoms in total. The number of aromatic nitrogens is 4. The van der Waals surface area contributed by atoms with Gasteiger partial charge in [0.05, 0.1) is 17.6 Å². The number of carbonyl (C=O) groups excluding carboxylic acids is 1. The van der Waals surface area contributed by atoms with E-state index in [1.807, 2.05) is 49.4 Å². The van der Waals surface area contributed by atoms with E-state index in [-0.39, 0.29) is 0 Å². The van der Waals surface area contributed by atoms with Crippen LogP contribution in [0.25, 0.3) is 22.2 Å². The van der Waals surface area contributed by atoms with Crippen molar-refractivity contribution in [3.05, 3.63) is 72.2 Å². The molecule has 1 unspecified atom stereocenters. The molecule has 0 saturated carbocycles. The second-order valence-electron chi connectivity index (χ2n) is 8.78. The van der Waals surface area contributed by atoms with Gasteiger partial charge in [0, 0.05) is 47.6 Å². The van der Waals surface area contributed by atoms with Gasteiger partial charge in [-0.15, -0.1) is 0 Å². The molecule has 0 spiro atoms. The number of alkyl halides is 2. The molecule has 1 aliphatic rings. The Hall–Kier alpha value is -3.92. The van der Waals surface area contributed by atoms with E-state index >= 15 is 0 Å². The van der Waals surface area contributed by atoms with Crippen molar-refractivity contribution < 1.29 is 13.6 Å². The number of likely N-dealkylation sites (tertiary alicyclic amines) is 1. The predicted octanol–water partition coefficient (Wildman–Crippen LogP) is 4.18. The normalized spacial score (nSPS) is 20.4. The zero-order valence-corrected chi connectivity index (χ0v) is 19.2. The average Bonchev–Trinajstić information content (AvgIpc) is 3.39.